The first-order valence-electron chi connectivity index (χ1n) is 6.38. The molecule has 2 aromatic rings. The summed E-state index contributed by atoms with van der Waals surface area (Å²) in [6, 6.07) is 0.476. The first-order valence-corrected chi connectivity index (χ1v) is 6.38. The van der Waals surface area contributed by atoms with Gasteiger partial charge in [-0.1, -0.05) is 0 Å². The lowest BCUT2D eigenvalue weighted by atomic mass is 10.0. The van der Waals surface area contributed by atoms with Gasteiger partial charge in [-0.25, -0.2) is 0 Å². The van der Waals surface area contributed by atoms with E-state index in [0.717, 1.165) is 23.5 Å². The van der Waals surface area contributed by atoms with Crippen LogP contribution in [0.3, 0.4) is 0 Å². The molecule has 1 fully saturated rings. The van der Waals surface area contributed by atoms with Gasteiger partial charge < -0.3 is 10.6 Å². The van der Waals surface area contributed by atoms with Crippen LogP contribution in [0.25, 0.3) is 11.0 Å². The van der Waals surface area contributed by atoms with Gasteiger partial charge in [-0.05, 0) is 26.2 Å². The van der Waals surface area contributed by atoms with E-state index < -0.39 is 0 Å². The summed E-state index contributed by atoms with van der Waals surface area (Å²) in [5.41, 5.74) is 6.79. The van der Waals surface area contributed by atoms with Crippen molar-refractivity contribution in [3.8, 4) is 0 Å². The summed E-state index contributed by atoms with van der Waals surface area (Å²) in [5.74, 6) is 1.25. The second kappa shape index (κ2) is 4.12. The fourth-order valence-electron chi connectivity index (χ4n) is 2.56. The van der Waals surface area contributed by atoms with Crippen LogP contribution in [0.5, 0.6) is 0 Å². The molecule has 1 saturated heterocycles. The van der Waals surface area contributed by atoms with E-state index in [0.29, 0.717) is 11.9 Å². The molecule has 0 aliphatic carbocycles. The van der Waals surface area contributed by atoms with Gasteiger partial charge in [-0.15, -0.1) is 0 Å². The molecule has 0 amide bonds. The van der Waals surface area contributed by atoms with Gasteiger partial charge >= 0.3 is 0 Å². The van der Waals surface area contributed by atoms with Crippen molar-refractivity contribution < 1.29 is 0 Å². The summed E-state index contributed by atoms with van der Waals surface area (Å²) in [4.78, 5) is 11.3. The number of nitrogens with two attached hydrogens (primary N) is 1. The summed E-state index contributed by atoms with van der Waals surface area (Å²) in [6.07, 6.45) is 5.37. The maximum Gasteiger partial charge on any atom is 0.229 e. The van der Waals surface area contributed by atoms with Gasteiger partial charge in [0.15, 0.2) is 5.65 Å². The molecule has 18 heavy (non-hydrogen) atoms. The molecule has 0 radical (unpaired) electrons. The maximum absolute atomic E-state index is 5.99. The number of aryl methyl sites for hydroxylation is 1. The normalized spacial score (nSPS) is 20.6. The van der Waals surface area contributed by atoms with E-state index in [1.807, 2.05) is 7.05 Å². The second-order valence-corrected chi connectivity index (χ2v) is 4.95. The minimum atomic E-state index is 0.476. The van der Waals surface area contributed by atoms with Crippen LogP contribution in [0, 0.1) is 0 Å². The van der Waals surface area contributed by atoms with Crippen LogP contribution >= 0.6 is 0 Å². The number of aromatic nitrogens is 4. The van der Waals surface area contributed by atoms with Crippen LogP contribution in [0.1, 0.15) is 26.2 Å². The molecule has 1 unspecified atom stereocenters. The molecular formula is C12H18N6. The molecule has 1 atom stereocenters. The van der Waals surface area contributed by atoms with E-state index in [1.165, 1.54) is 19.3 Å². The van der Waals surface area contributed by atoms with Gasteiger partial charge in [0.2, 0.25) is 5.95 Å². The molecule has 0 bridgehead atoms. The van der Waals surface area contributed by atoms with Crippen molar-refractivity contribution >= 4 is 22.8 Å². The number of piperidine rings is 1. The third kappa shape index (κ3) is 1.68. The van der Waals surface area contributed by atoms with Crippen molar-refractivity contribution in [3.63, 3.8) is 0 Å². The van der Waals surface area contributed by atoms with Crippen molar-refractivity contribution in [1.82, 2.24) is 19.7 Å². The zero-order chi connectivity index (χ0) is 12.7. The Balaban J connectivity index is 2.08. The lowest BCUT2D eigenvalue weighted by Gasteiger charge is -2.33. The van der Waals surface area contributed by atoms with Gasteiger partial charge in [-0.2, -0.15) is 15.1 Å². The standard InChI is InChI=1S/C12H18N6/c1-8-5-3-4-6-18(8)12-15-10(13)9-7-14-17(2)11(9)16-12/h7-8H,3-6H2,1-2H3,(H2,13,15,16). The zero-order valence-corrected chi connectivity index (χ0v) is 10.8. The van der Waals surface area contributed by atoms with Crippen molar-refractivity contribution in [2.24, 2.45) is 7.05 Å². The third-order valence-corrected chi connectivity index (χ3v) is 3.67. The molecule has 1 aliphatic rings. The molecule has 3 heterocycles. The third-order valence-electron chi connectivity index (χ3n) is 3.67. The summed E-state index contributed by atoms with van der Waals surface area (Å²) in [5, 5.41) is 5.00. The Bertz CT molecular complexity index is 575. The number of rotatable bonds is 1. The summed E-state index contributed by atoms with van der Waals surface area (Å²) < 4.78 is 1.74. The Morgan fingerprint density at radius 2 is 2.17 bits per heavy atom. The number of nitrogens with zero attached hydrogens (tertiary/aromatic N) is 5. The van der Waals surface area contributed by atoms with Gasteiger partial charge in [0.05, 0.1) is 11.6 Å². The number of hydrogen-bond donors (Lipinski definition) is 1. The van der Waals surface area contributed by atoms with Crippen LogP contribution in [0.2, 0.25) is 0 Å². The molecule has 0 aromatic carbocycles. The molecule has 6 heteroatoms. The molecule has 96 valence electrons. The van der Waals surface area contributed by atoms with E-state index in [4.69, 9.17) is 5.73 Å². The van der Waals surface area contributed by atoms with Gasteiger partial charge in [0.25, 0.3) is 0 Å². The minimum Gasteiger partial charge on any atom is -0.383 e. The highest BCUT2D eigenvalue weighted by atomic mass is 15.3. The van der Waals surface area contributed by atoms with Crippen molar-refractivity contribution in [2.45, 2.75) is 32.2 Å². The Morgan fingerprint density at radius 3 is 2.94 bits per heavy atom. The van der Waals surface area contributed by atoms with E-state index in [1.54, 1.807) is 10.9 Å². The van der Waals surface area contributed by atoms with Crippen molar-refractivity contribution in [1.29, 1.82) is 0 Å². The van der Waals surface area contributed by atoms with Gasteiger partial charge in [0.1, 0.15) is 5.82 Å². The Hall–Kier alpha value is -1.85. The highest BCUT2D eigenvalue weighted by Gasteiger charge is 2.22. The molecule has 2 N–H and O–H groups in total. The quantitative estimate of drug-likeness (QED) is 0.821. The molecular weight excluding hydrogens is 228 g/mol. The largest absolute Gasteiger partial charge is 0.383 e. The van der Waals surface area contributed by atoms with Crippen LogP contribution in [-0.4, -0.2) is 32.3 Å². The lowest BCUT2D eigenvalue weighted by Crippen LogP contribution is -2.38. The van der Waals surface area contributed by atoms with E-state index in [2.05, 4.69) is 26.9 Å². The van der Waals surface area contributed by atoms with Gasteiger partial charge in [-0.3, -0.25) is 4.68 Å². The number of fused-ring (bicyclic) bond motifs is 1. The van der Waals surface area contributed by atoms with Gasteiger partial charge in [0, 0.05) is 19.6 Å². The zero-order valence-electron chi connectivity index (χ0n) is 10.8. The molecule has 3 rings (SSSR count). The summed E-state index contributed by atoms with van der Waals surface area (Å²) in [7, 11) is 1.87. The molecule has 1 aliphatic heterocycles. The van der Waals surface area contributed by atoms with Crippen LogP contribution in [0.15, 0.2) is 6.20 Å². The van der Waals surface area contributed by atoms with Crippen molar-refractivity contribution in [3.05, 3.63) is 6.20 Å². The molecule has 0 saturated carbocycles. The maximum atomic E-state index is 5.99. The average molecular weight is 246 g/mol. The first-order chi connectivity index (χ1) is 8.66. The number of hydrogen-bond acceptors (Lipinski definition) is 5. The minimum absolute atomic E-state index is 0.476. The molecule has 2 aromatic heterocycles. The first kappa shape index (κ1) is 11.3. The topological polar surface area (TPSA) is 72.9 Å². The number of nitrogen functional groups attached to an aromatic ring is 1. The predicted octanol–water partition coefficient (Wildman–Crippen LogP) is 1.32. The Morgan fingerprint density at radius 1 is 1.33 bits per heavy atom. The van der Waals surface area contributed by atoms with Crippen LogP contribution in [-0.2, 0) is 7.05 Å². The van der Waals surface area contributed by atoms with E-state index in [-0.39, 0.29) is 0 Å². The molecule has 0 spiro atoms. The van der Waals surface area contributed by atoms with E-state index in [9.17, 15) is 0 Å². The Kier molecular flexibility index (Phi) is 2.57. The Labute approximate surface area is 106 Å². The lowest BCUT2D eigenvalue weighted by molar-refractivity contribution is 0.477. The fourth-order valence-corrected chi connectivity index (χ4v) is 2.56. The fraction of sp³-hybridized carbons (Fsp3) is 0.583. The highest BCUT2D eigenvalue weighted by molar-refractivity contribution is 5.86. The van der Waals surface area contributed by atoms with Crippen molar-refractivity contribution in [2.75, 3.05) is 17.2 Å². The average Bonchev–Trinajstić information content (AvgIpc) is 2.72. The van der Waals surface area contributed by atoms with Crippen LogP contribution in [0.4, 0.5) is 11.8 Å². The number of anilines is 2. The van der Waals surface area contributed by atoms with E-state index >= 15 is 0 Å². The monoisotopic (exact) mass is 246 g/mol. The van der Waals surface area contributed by atoms with Crippen LogP contribution < -0.4 is 10.6 Å². The smallest absolute Gasteiger partial charge is 0.229 e. The second-order valence-electron chi connectivity index (χ2n) is 4.95. The summed E-state index contributed by atoms with van der Waals surface area (Å²) in [6.45, 7) is 3.22. The summed E-state index contributed by atoms with van der Waals surface area (Å²) >= 11 is 0. The highest BCUT2D eigenvalue weighted by Crippen LogP contribution is 2.25. The molecule has 6 nitrogen and oxygen atoms in total. The SMILES string of the molecule is CC1CCCCN1c1nc(N)c2cnn(C)c2n1. The predicted molar refractivity (Wildman–Crippen MR) is 71.4 cm³/mol.